The number of nitrogens with one attached hydrogen (secondary N) is 2. The van der Waals surface area contributed by atoms with Gasteiger partial charge in [-0.1, -0.05) is 24.3 Å². The van der Waals surface area contributed by atoms with Crippen LogP contribution in [0.4, 0.5) is 0 Å². The highest BCUT2D eigenvalue weighted by molar-refractivity contribution is 7.90. The number of methoxy groups -OCH3 is 1. The molecule has 2 unspecified atom stereocenters. The van der Waals surface area contributed by atoms with E-state index in [9.17, 15) is 18.3 Å². The number of sulfonamides is 1. The minimum Gasteiger partial charge on any atom is -0.489 e. The molecule has 1 amide bonds. The van der Waals surface area contributed by atoms with Crippen molar-refractivity contribution in [2.45, 2.75) is 29.9 Å². The molecule has 2 heterocycles. The summed E-state index contributed by atoms with van der Waals surface area (Å²) in [6, 6.07) is 15.9. The van der Waals surface area contributed by atoms with E-state index in [-0.39, 0.29) is 17.6 Å². The number of rotatable bonds is 10. The van der Waals surface area contributed by atoms with Gasteiger partial charge < -0.3 is 19.9 Å². The molecule has 3 N–H and O–H groups in total. The summed E-state index contributed by atoms with van der Waals surface area (Å²) in [5, 5.41) is 13.5. The number of benzene rings is 2. The Hall–Kier alpha value is -3.31. The number of amides is 1. The summed E-state index contributed by atoms with van der Waals surface area (Å²) < 4.78 is 37.5. The lowest BCUT2D eigenvalue weighted by atomic mass is 9.97. The molecule has 36 heavy (non-hydrogen) atoms. The SMILES string of the molecule is COCC(=O)NS(=O)(=O)c1ccc(-c2ccc3c(c2)CCC(CNCC(O)c2cccnc2)O3)cc1. The van der Waals surface area contributed by atoms with E-state index in [0.29, 0.717) is 13.1 Å². The summed E-state index contributed by atoms with van der Waals surface area (Å²) in [5.41, 5.74) is 3.66. The summed E-state index contributed by atoms with van der Waals surface area (Å²) >= 11 is 0. The van der Waals surface area contributed by atoms with Gasteiger partial charge in [-0.3, -0.25) is 9.78 Å². The lowest BCUT2D eigenvalue weighted by molar-refractivity contribution is -0.122. The van der Waals surface area contributed by atoms with E-state index in [1.54, 1.807) is 30.6 Å². The van der Waals surface area contributed by atoms with Gasteiger partial charge in [-0.2, -0.15) is 0 Å². The molecule has 0 fully saturated rings. The van der Waals surface area contributed by atoms with Crippen molar-refractivity contribution in [1.29, 1.82) is 0 Å². The van der Waals surface area contributed by atoms with E-state index in [4.69, 9.17) is 4.74 Å². The molecule has 4 rings (SSSR count). The van der Waals surface area contributed by atoms with E-state index in [1.165, 1.54) is 19.2 Å². The number of fused-ring (bicyclic) bond motifs is 1. The maximum absolute atomic E-state index is 12.3. The highest BCUT2D eigenvalue weighted by Crippen LogP contribution is 2.32. The van der Waals surface area contributed by atoms with Crippen LogP contribution in [0, 0.1) is 0 Å². The highest BCUT2D eigenvalue weighted by Gasteiger charge is 2.21. The van der Waals surface area contributed by atoms with Crippen LogP contribution in [-0.2, 0) is 26.0 Å². The number of ether oxygens (including phenoxy) is 2. The quantitative estimate of drug-likeness (QED) is 0.378. The zero-order chi connectivity index (χ0) is 25.5. The fourth-order valence-electron chi connectivity index (χ4n) is 4.04. The fraction of sp³-hybridized carbons (Fsp3) is 0.308. The molecule has 0 bridgehead atoms. The standard InChI is InChI=1S/C26H29N3O6S/c1-34-17-26(31)29-36(32,33)23-9-5-18(6-10-23)19-7-11-25-20(13-19)4-8-22(35-25)15-28-16-24(30)21-3-2-12-27-14-21/h2-3,5-7,9-14,22,24,28,30H,4,8,15-17H2,1H3,(H,29,31). The van der Waals surface area contributed by atoms with E-state index >= 15 is 0 Å². The summed E-state index contributed by atoms with van der Waals surface area (Å²) in [6.45, 7) is 0.702. The second-order valence-corrected chi connectivity index (χ2v) is 10.2. The Bertz CT molecular complexity index is 1280. The molecule has 0 aliphatic carbocycles. The van der Waals surface area contributed by atoms with Gasteiger partial charge in [-0.25, -0.2) is 13.1 Å². The van der Waals surface area contributed by atoms with Crippen molar-refractivity contribution in [3.8, 4) is 16.9 Å². The molecule has 0 saturated heterocycles. The lowest BCUT2D eigenvalue weighted by Gasteiger charge is -2.27. The van der Waals surface area contributed by atoms with Crippen LogP contribution in [0.5, 0.6) is 5.75 Å². The first kappa shape index (κ1) is 25.8. The monoisotopic (exact) mass is 511 g/mol. The van der Waals surface area contributed by atoms with Crippen molar-refractivity contribution >= 4 is 15.9 Å². The summed E-state index contributed by atoms with van der Waals surface area (Å²) in [6.07, 6.45) is 4.39. The third kappa shape index (κ3) is 6.46. The summed E-state index contributed by atoms with van der Waals surface area (Å²) in [5.74, 6) is 0.0964. The Morgan fingerprint density at radius 3 is 2.69 bits per heavy atom. The lowest BCUT2D eigenvalue weighted by Crippen LogP contribution is -2.36. The normalized spacial score (nSPS) is 16.0. The van der Waals surface area contributed by atoms with Crippen LogP contribution in [-0.4, -0.2) is 57.3 Å². The van der Waals surface area contributed by atoms with Crippen LogP contribution >= 0.6 is 0 Å². The summed E-state index contributed by atoms with van der Waals surface area (Å²) in [7, 11) is -2.64. The second-order valence-electron chi connectivity index (χ2n) is 8.55. The number of aromatic nitrogens is 1. The molecule has 0 radical (unpaired) electrons. The van der Waals surface area contributed by atoms with Crippen LogP contribution in [0.25, 0.3) is 11.1 Å². The predicted molar refractivity (Wildman–Crippen MR) is 134 cm³/mol. The van der Waals surface area contributed by atoms with Crippen LogP contribution in [0.15, 0.2) is 71.9 Å². The number of hydrogen-bond acceptors (Lipinski definition) is 8. The third-order valence-corrected chi connectivity index (χ3v) is 7.28. The van der Waals surface area contributed by atoms with Crippen LogP contribution in [0.2, 0.25) is 0 Å². The molecule has 2 atom stereocenters. The molecule has 0 saturated carbocycles. The van der Waals surface area contributed by atoms with E-state index in [2.05, 4.69) is 21.1 Å². The molecular weight excluding hydrogens is 482 g/mol. The van der Waals surface area contributed by atoms with Gasteiger partial charge in [0.25, 0.3) is 15.9 Å². The third-order valence-electron chi connectivity index (χ3n) is 5.89. The minimum absolute atomic E-state index is 0.000911. The molecule has 10 heteroatoms. The number of pyridine rings is 1. The van der Waals surface area contributed by atoms with E-state index < -0.39 is 22.0 Å². The van der Waals surface area contributed by atoms with Gasteiger partial charge in [-0.15, -0.1) is 0 Å². The number of aliphatic hydroxyl groups excluding tert-OH is 1. The Labute approximate surface area is 210 Å². The van der Waals surface area contributed by atoms with Crippen molar-refractivity contribution in [2.75, 3.05) is 26.8 Å². The Morgan fingerprint density at radius 1 is 1.19 bits per heavy atom. The molecule has 0 spiro atoms. The first-order valence-corrected chi connectivity index (χ1v) is 13.1. The Morgan fingerprint density at radius 2 is 1.97 bits per heavy atom. The van der Waals surface area contributed by atoms with Crippen molar-refractivity contribution in [3.63, 3.8) is 0 Å². The first-order chi connectivity index (χ1) is 17.4. The molecule has 9 nitrogen and oxygen atoms in total. The Kier molecular flexibility index (Phi) is 8.32. The minimum atomic E-state index is -3.95. The number of carbonyl (C=O) groups is 1. The van der Waals surface area contributed by atoms with Gasteiger partial charge in [0.15, 0.2) is 0 Å². The van der Waals surface area contributed by atoms with Crippen molar-refractivity contribution in [3.05, 3.63) is 78.1 Å². The van der Waals surface area contributed by atoms with Gasteiger partial charge in [0.2, 0.25) is 0 Å². The average molecular weight is 512 g/mol. The molecule has 1 aliphatic heterocycles. The molecular formula is C26H29N3O6S. The van der Waals surface area contributed by atoms with Gasteiger partial charge in [-0.05, 0) is 59.9 Å². The first-order valence-electron chi connectivity index (χ1n) is 11.6. The maximum Gasteiger partial charge on any atom is 0.264 e. The maximum atomic E-state index is 12.3. The van der Waals surface area contributed by atoms with Crippen molar-refractivity contribution in [1.82, 2.24) is 15.0 Å². The van der Waals surface area contributed by atoms with Crippen LogP contribution in [0.3, 0.4) is 0 Å². The predicted octanol–water partition coefficient (Wildman–Crippen LogP) is 2.22. The molecule has 2 aromatic carbocycles. The topological polar surface area (TPSA) is 127 Å². The number of aliphatic hydroxyl groups is 1. The van der Waals surface area contributed by atoms with Gasteiger partial charge in [0.05, 0.1) is 11.0 Å². The van der Waals surface area contributed by atoms with E-state index in [1.807, 2.05) is 22.9 Å². The largest absolute Gasteiger partial charge is 0.489 e. The van der Waals surface area contributed by atoms with Crippen LogP contribution in [0.1, 0.15) is 23.7 Å². The number of carbonyl (C=O) groups excluding carboxylic acids is 1. The molecule has 1 aromatic heterocycles. The molecule has 190 valence electrons. The molecule has 1 aliphatic rings. The zero-order valence-corrected chi connectivity index (χ0v) is 20.7. The molecule has 3 aromatic rings. The highest BCUT2D eigenvalue weighted by atomic mass is 32.2. The number of hydrogen-bond donors (Lipinski definition) is 3. The van der Waals surface area contributed by atoms with Crippen molar-refractivity contribution in [2.24, 2.45) is 0 Å². The smallest absolute Gasteiger partial charge is 0.264 e. The van der Waals surface area contributed by atoms with Gasteiger partial charge in [0.1, 0.15) is 18.5 Å². The van der Waals surface area contributed by atoms with E-state index in [0.717, 1.165) is 40.8 Å². The number of nitrogens with zero attached hydrogens (tertiary/aromatic N) is 1. The van der Waals surface area contributed by atoms with Crippen molar-refractivity contribution < 1.29 is 27.8 Å². The second kappa shape index (κ2) is 11.6. The van der Waals surface area contributed by atoms with Crippen LogP contribution < -0.4 is 14.8 Å². The Balaban J connectivity index is 1.34. The number of aryl methyl sites for hydroxylation is 1. The van der Waals surface area contributed by atoms with Gasteiger partial charge in [0, 0.05) is 38.2 Å². The zero-order valence-electron chi connectivity index (χ0n) is 19.9. The summed E-state index contributed by atoms with van der Waals surface area (Å²) in [4.78, 5) is 15.6. The average Bonchev–Trinajstić information content (AvgIpc) is 2.88. The fourth-order valence-corrected chi connectivity index (χ4v) is 5.01. The van der Waals surface area contributed by atoms with Gasteiger partial charge >= 0.3 is 0 Å².